The van der Waals surface area contributed by atoms with E-state index >= 15 is 0 Å². The molecule has 1 aromatic carbocycles. The van der Waals surface area contributed by atoms with Crippen LogP contribution in [0.5, 0.6) is 0 Å². The van der Waals surface area contributed by atoms with Gasteiger partial charge in [0.15, 0.2) is 0 Å². The molecule has 0 saturated carbocycles. The van der Waals surface area contributed by atoms with Gasteiger partial charge in [-0.1, -0.05) is 18.2 Å². The van der Waals surface area contributed by atoms with Gasteiger partial charge in [0.2, 0.25) is 17.8 Å². The number of rotatable bonds is 2. The number of nitrogens with one attached hydrogen (secondary N) is 2. The molecule has 7 nitrogen and oxygen atoms in total. The molecule has 2 aliphatic rings. The third-order valence-corrected chi connectivity index (χ3v) is 3.92. The number of ether oxygens (including phenoxy) is 1. The van der Waals surface area contributed by atoms with Crippen LogP contribution in [0.4, 0.5) is 5.69 Å². The first-order chi connectivity index (χ1) is 11.1. The van der Waals surface area contributed by atoms with E-state index in [2.05, 4.69) is 15.6 Å². The van der Waals surface area contributed by atoms with E-state index in [1.165, 1.54) is 0 Å². The van der Waals surface area contributed by atoms with E-state index in [-0.39, 0.29) is 18.2 Å². The number of hydrogen-bond acceptors (Lipinski definition) is 5. The predicted octanol–water partition coefficient (Wildman–Crippen LogP) is 0.510. The minimum Gasteiger partial charge on any atom is -0.378 e. The number of hydrogen-bond donors (Lipinski definition) is 2. The van der Waals surface area contributed by atoms with Crippen LogP contribution >= 0.6 is 0 Å². The van der Waals surface area contributed by atoms with Crippen molar-refractivity contribution < 1.29 is 14.3 Å². The second-order valence-corrected chi connectivity index (χ2v) is 5.62. The van der Waals surface area contributed by atoms with E-state index in [1.54, 1.807) is 0 Å². The molecule has 2 heterocycles. The van der Waals surface area contributed by atoms with E-state index in [1.807, 2.05) is 36.1 Å². The van der Waals surface area contributed by atoms with Crippen LogP contribution in [0.2, 0.25) is 0 Å². The molecule has 0 aliphatic carbocycles. The molecule has 2 amide bonds. The van der Waals surface area contributed by atoms with Crippen molar-refractivity contribution in [3.05, 3.63) is 29.8 Å². The fourth-order valence-corrected chi connectivity index (χ4v) is 2.59. The van der Waals surface area contributed by atoms with Crippen LogP contribution in [0, 0.1) is 6.92 Å². The number of carbonyl (C=O) groups is 2. The van der Waals surface area contributed by atoms with Gasteiger partial charge in [-0.25, -0.2) is 4.99 Å². The summed E-state index contributed by atoms with van der Waals surface area (Å²) in [5.74, 6) is 0.0146. The molecular formula is C16H20N4O3. The average Bonchev–Trinajstić information content (AvgIpc) is 2.57. The smallest absolute Gasteiger partial charge is 0.249 e. The van der Waals surface area contributed by atoms with Gasteiger partial charge in [0, 0.05) is 18.8 Å². The highest BCUT2D eigenvalue weighted by molar-refractivity contribution is 6.06. The van der Waals surface area contributed by atoms with Crippen molar-refractivity contribution in [3.63, 3.8) is 0 Å². The van der Waals surface area contributed by atoms with Gasteiger partial charge in [-0.2, -0.15) is 0 Å². The average molecular weight is 316 g/mol. The first-order valence-corrected chi connectivity index (χ1v) is 7.70. The maximum Gasteiger partial charge on any atom is 0.249 e. The van der Waals surface area contributed by atoms with Gasteiger partial charge in [-0.3, -0.25) is 14.9 Å². The van der Waals surface area contributed by atoms with Gasteiger partial charge in [-0.15, -0.1) is 0 Å². The van der Waals surface area contributed by atoms with Crippen molar-refractivity contribution in [1.29, 1.82) is 0 Å². The largest absolute Gasteiger partial charge is 0.378 e. The van der Waals surface area contributed by atoms with Crippen molar-refractivity contribution in [2.75, 3.05) is 31.6 Å². The Morgan fingerprint density at radius 2 is 2.09 bits per heavy atom. The summed E-state index contributed by atoms with van der Waals surface area (Å²) in [5.41, 5.74) is 1.71. The summed E-state index contributed by atoms with van der Waals surface area (Å²) >= 11 is 0. The van der Waals surface area contributed by atoms with Crippen molar-refractivity contribution >= 4 is 23.5 Å². The number of morpholine rings is 1. The van der Waals surface area contributed by atoms with Gasteiger partial charge in [0.1, 0.15) is 6.04 Å². The minimum atomic E-state index is -0.707. The fourth-order valence-electron chi connectivity index (χ4n) is 2.59. The molecule has 1 fully saturated rings. The Kier molecular flexibility index (Phi) is 4.57. The Labute approximate surface area is 134 Å². The molecule has 1 saturated heterocycles. The number of anilines is 1. The fraction of sp³-hybridized carbons (Fsp3) is 0.438. The lowest BCUT2D eigenvalue weighted by Crippen LogP contribution is -2.53. The Bertz CT molecular complexity index is 638. The molecule has 23 heavy (non-hydrogen) atoms. The normalized spacial score (nSPS) is 21.4. The summed E-state index contributed by atoms with van der Waals surface area (Å²) in [5, 5.41) is 5.60. The van der Waals surface area contributed by atoms with Gasteiger partial charge in [0.05, 0.1) is 19.6 Å². The lowest BCUT2D eigenvalue weighted by Gasteiger charge is -2.32. The molecule has 1 aromatic rings. The van der Waals surface area contributed by atoms with Crippen molar-refractivity contribution in [1.82, 2.24) is 10.2 Å². The molecule has 122 valence electrons. The number of benzene rings is 1. The van der Waals surface area contributed by atoms with Crippen LogP contribution < -0.4 is 10.6 Å². The minimum absolute atomic E-state index is 0.0611. The van der Waals surface area contributed by atoms with E-state index in [0.717, 1.165) is 11.3 Å². The molecule has 1 atom stereocenters. The molecule has 2 aliphatic heterocycles. The zero-order chi connectivity index (χ0) is 16.2. The molecule has 0 spiro atoms. The number of nitrogens with zero attached hydrogens (tertiary/aromatic N) is 2. The second-order valence-electron chi connectivity index (χ2n) is 5.62. The summed E-state index contributed by atoms with van der Waals surface area (Å²) in [6.45, 7) is 4.42. The summed E-state index contributed by atoms with van der Waals surface area (Å²) in [6, 6.07) is 6.82. The zero-order valence-corrected chi connectivity index (χ0v) is 13.0. The van der Waals surface area contributed by atoms with Crippen LogP contribution in [0.25, 0.3) is 0 Å². The SMILES string of the molecule is Cc1ccccc1NC(=O)[C@@H]1CC(=O)NC(N2CCOCC2)=N1. The Balaban J connectivity index is 1.73. The maximum atomic E-state index is 12.5. The maximum absolute atomic E-state index is 12.5. The summed E-state index contributed by atoms with van der Waals surface area (Å²) in [4.78, 5) is 30.7. The van der Waals surface area contributed by atoms with Crippen LogP contribution in [0.3, 0.4) is 0 Å². The van der Waals surface area contributed by atoms with E-state index < -0.39 is 6.04 Å². The predicted molar refractivity (Wildman–Crippen MR) is 86.2 cm³/mol. The Morgan fingerprint density at radius 1 is 1.35 bits per heavy atom. The molecule has 0 aromatic heterocycles. The molecule has 0 radical (unpaired) electrons. The lowest BCUT2D eigenvalue weighted by molar-refractivity contribution is -0.125. The molecule has 2 N–H and O–H groups in total. The molecule has 3 rings (SSSR count). The molecule has 0 bridgehead atoms. The quantitative estimate of drug-likeness (QED) is 0.833. The third kappa shape index (κ3) is 3.68. The zero-order valence-electron chi connectivity index (χ0n) is 13.0. The first kappa shape index (κ1) is 15.5. The monoisotopic (exact) mass is 316 g/mol. The van der Waals surface area contributed by atoms with Crippen molar-refractivity contribution in [2.24, 2.45) is 4.99 Å². The van der Waals surface area contributed by atoms with Gasteiger partial charge in [-0.05, 0) is 18.6 Å². The number of para-hydroxylation sites is 1. The highest BCUT2D eigenvalue weighted by atomic mass is 16.5. The van der Waals surface area contributed by atoms with Gasteiger partial charge < -0.3 is 15.0 Å². The van der Waals surface area contributed by atoms with E-state index in [9.17, 15) is 9.59 Å². The van der Waals surface area contributed by atoms with Crippen LogP contribution in [-0.2, 0) is 14.3 Å². The summed E-state index contributed by atoms with van der Waals surface area (Å²) in [7, 11) is 0. The number of aryl methyl sites for hydroxylation is 1. The van der Waals surface area contributed by atoms with E-state index in [0.29, 0.717) is 32.3 Å². The molecular weight excluding hydrogens is 296 g/mol. The highest BCUT2D eigenvalue weighted by Gasteiger charge is 2.29. The number of carbonyl (C=O) groups excluding carboxylic acids is 2. The van der Waals surface area contributed by atoms with Crippen LogP contribution in [0.1, 0.15) is 12.0 Å². The lowest BCUT2D eigenvalue weighted by atomic mass is 10.1. The van der Waals surface area contributed by atoms with Gasteiger partial charge >= 0.3 is 0 Å². The van der Waals surface area contributed by atoms with Crippen LogP contribution in [-0.4, -0.2) is 55.0 Å². The first-order valence-electron chi connectivity index (χ1n) is 7.70. The topological polar surface area (TPSA) is 83.0 Å². The highest BCUT2D eigenvalue weighted by Crippen LogP contribution is 2.16. The number of amides is 2. The number of aliphatic imine (C=N–C) groups is 1. The summed E-state index contributed by atoms with van der Waals surface area (Å²) < 4.78 is 5.30. The summed E-state index contributed by atoms with van der Waals surface area (Å²) in [6.07, 6.45) is 0.0611. The Morgan fingerprint density at radius 3 is 2.83 bits per heavy atom. The second kappa shape index (κ2) is 6.78. The third-order valence-electron chi connectivity index (χ3n) is 3.92. The van der Waals surface area contributed by atoms with E-state index in [4.69, 9.17) is 4.74 Å². The van der Waals surface area contributed by atoms with Crippen molar-refractivity contribution in [2.45, 2.75) is 19.4 Å². The van der Waals surface area contributed by atoms with Gasteiger partial charge in [0.25, 0.3) is 0 Å². The molecule has 0 unspecified atom stereocenters. The number of guanidine groups is 1. The van der Waals surface area contributed by atoms with Crippen molar-refractivity contribution in [3.8, 4) is 0 Å². The molecule has 7 heteroatoms. The van der Waals surface area contributed by atoms with Crippen LogP contribution in [0.15, 0.2) is 29.3 Å². The standard InChI is InChI=1S/C16H20N4O3/c1-11-4-2-3-5-12(11)17-15(22)13-10-14(21)19-16(18-13)20-6-8-23-9-7-20/h2-5,13H,6-10H2,1H3,(H,17,22)(H,18,19,21)/t13-/m0/s1. The Hall–Kier alpha value is -2.41.